The Bertz CT molecular complexity index is 637. The first kappa shape index (κ1) is 14.6. The van der Waals surface area contributed by atoms with Crippen molar-refractivity contribution >= 4 is 35.1 Å². The zero-order valence-corrected chi connectivity index (χ0v) is 12.1. The van der Waals surface area contributed by atoms with E-state index in [4.69, 9.17) is 11.6 Å². The molecule has 20 heavy (non-hydrogen) atoms. The lowest BCUT2D eigenvalue weighted by molar-refractivity contribution is -0.120. The normalized spacial score (nSPS) is 10.9. The van der Waals surface area contributed by atoms with E-state index in [1.54, 1.807) is 6.07 Å². The fourth-order valence-corrected chi connectivity index (χ4v) is 2.32. The van der Waals surface area contributed by atoms with Crippen molar-refractivity contribution in [1.82, 2.24) is 10.4 Å². The van der Waals surface area contributed by atoms with Crippen molar-refractivity contribution in [2.45, 2.75) is 13.3 Å². The van der Waals surface area contributed by atoms with Crippen molar-refractivity contribution in [2.24, 2.45) is 5.10 Å². The van der Waals surface area contributed by atoms with Crippen molar-refractivity contribution in [3.05, 3.63) is 50.7 Å². The lowest BCUT2D eigenvalue weighted by atomic mass is 10.2. The molecule has 0 radical (unpaired) electrons. The number of nitrogens with zero attached hydrogens (tertiary/aromatic N) is 2. The van der Waals surface area contributed by atoms with Crippen LogP contribution in [-0.4, -0.2) is 17.1 Å². The molecule has 0 fully saturated rings. The number of thiazole rings is 1. The van der Waals surface area contributed by atoms with E-state index in [1.807, 2.05) is 12.3 Å². The Morgan fingerprint density at radius 1 is 1.60 bits per heavy atom. The molecule has 0 saturated heterocycles. The molecular weight excluding hydrogens is 301 g/mol. The fourth-order valence-electron chi connectivity index (χ4n) is 1.50. The van der Waals surface area contributed by atoms with Crippen LogP contribution in [0.2, 0.25) is 5.02 Å². The van der Waals surface area contributed by atoms with E-state index in [-0.39, 0.29) is 22.9 Å². The van der Waals surface area contributed by atoms with Gasteiger partial charge >= 0.3 is 0 Å². The molecule has 1 aromatic heterocycles. The largest absolute Gasteiger partial charge is 0.273 e. The molecule has 0 aliphatic carbocycles. The van der Waals surface area contributed by atoms with Crippen LogP contribution < -0.4 is 5.43 Å². The molecule has 1 aromatic carbocycles. The van der Waals surface area contributed by atoms with Crippen molar-refractivity contribution in [2.75, 3.05) is 0 Å². The highest BCUT2D eigenvalue weighted by atomic mass is 35.5. The second-order valence-electron chi connectivity index (χ2n) is 3.96. The van der Waals surface area contributed by atoms with Gasteiger partial charge in [-0.2, -0.15) is 5.10 Å². The standard InChI is InChI=1S/C13H11ClFN3OS/c1-8-17-9(7-20-8)5-13(19)18-16-6-10-11(14)3-2-4-12(10)15/h2-4,6-7H,5H2,1H3,(H,18,19). The second kappa shape index (κ2) is 6.58. The molecule has 0 spiro atoms. The number of amides is 1. The Labute approximate surface area is 124 Å². The quantitative estimate of drug-likeness (QED) is 0.697. The van der Waals surface area contributed by atoms with Crippen LogP contribution in [0.5, 0.6) is 0 Å². The highest BCUT2D eigenvalue weighted by Gasteiger charge is 2.06. The summed E-state index contributed by atoms with van der Waals surface area (Å²) in [6, 6.07) is 4.32. The number of hydrogen-bond donors (Lipinski definition) is 1. The summed E-state index contributed by atoms with van der Waals surface area (Å²) >= 11 is 7.30. The van der Waals surface area contributed by atoms with Gasteiger partial charge in [-0.15, -0.1) is 11.3 Å². The summed E-state index contributed by atoms with van der Waals surface area (Å²) in [5, 5.41) is 6.64. The average Bonchev–Trinajstić information content (AvgIpc) is 2.78. The van der Waals surface area contributed by atoms with Gasteiger partial charge < -0.3 is 0 Å². The van der Waals surface area contributed by atoms with Gasteiger partial charge in [0, 0.05) is 10.9 Å². The summed E-state index contributed by atoms with van der Waals surface area (Å²) in [6.07, 6.45) is 1.31. The molecule has 1 heterocycles. The molecule has 0 aliphatic heterocycles. The molecule has 104 valence electrons. The van der Waals surface area contributed by atoms with E-state index in [0.29, 0.717) is 5.69 Å². The number of aromatic nitrogens is 1. The highest BCUT2D eigenvalue weighted by Crippen LogP contribution is 2.16. The van der Waals surface area contributed by atoms with Crippen LogP contribution in [-0.2, 0) is 11.2 Å². The van der Waals surface area contributed by atoms with Crippen LogP contribution >= 0.6 is 22.9 Å². The number of nitrogens with one attached hydrogen (secondary N) is 1. The minimum Gasteiger partial charge on any atom is -0.273 e. The molecule has 4 nitrogen and oxygen atoms in total. The van der Waals surface area contributed by atoms with Crippen molar-refractivity contribution in [3.8, 4) is 0 Å². The van der Waals surface area contributed by atoms with Crippen LogP contribution in [0.25, 0.3) is 0 Å². The van der Waals surface area contributed by atoms with Gasteiger partial charge in [0.05, 0.1) is 28.4 Å². The first-order valence-corrected chi connectivity index (χ1v) is 6.99. The molecule has 7 heteroatoms. The molecule has 1 amide bonds. The summed E-state index contributed by atoms with van der Waals surface area (Å²) < 4.78 is 13.4. The number of halogens is 2. The smallest absolute Gasteiger partial charge is 0.246 e. The van der Waals surface area contributed by atoms with Gasteiger partial charge in [-0.1, -0.05) is 17.7 Å². The summed E-state index contributed by atoms with van der Waals surface area (Å²) in [5.41, 5.74) is 3.14. The Morgan fingerprint density at radius 3 is 3.05 bits per heavy atom. The Morgan fingerprint density at radius 2 is 2.40 bits per heavy atom. The van der Waals surface area contributed by atoms with Gasteiger partial charge in [-0.3, -0.25) is 4.79 Å². The third-order valence-electron chi connectivity index (χ3n) is 2.39. The van der Waals surface area contributed by atoms with E-state index >= 15 is 0 Å². The number of rotatable bonds is 4. The van der Waals surface area contributed by atoms with Crippen LogP contribution in [0.4, 0.5) is 4.39 Å². The molecule has 2 aromatic rings. The molecule has 0 atom stereocenters. The van der Waals surface area contributed by atoms with E-state index in [9.17, 15) is 9.18 Å². The van der Waals surface area contributed by atoms with Crippen LogP contribution in [0.3, 0.4) is 0 Å². The van der Waals surface area contributed by atoms with E-state index in [1.165, 1.54) is 29.7 Å². The summed E-state index contributed by atoms with van der Waals surface area (Å²) in [5.74, 6) is -0.815. The minimum absolute atomic E-state index is 0.132. The third-order valence-corrected chi connectivity index (χ3v) is 3.54. The first-order chi connectivity index (χ1) is 9.56. The van der Waals surface area contributed by atoms with Crippen molar-refractivity contribution < 1.29 is 9.18 Å². The van der Waals surface area contributed by atoms with Gasteiger partial charge in [0.25, 0.3) is 0 Å². The maximum absolute atomic E-state index is 13.4. The minimum atomic E-state index is -0.495. The third kappa shape index (κ3) is 3.85. The summed E-state index contributed by atoms with van der Waals surface area (Å²) in [6.45, 7) is 1.87. The first-order valence-electron chi connectivity index (χ1n) is 5.73. The number of aryl methyl sites for hydroxylation is 1. The maximum atomic E-state index is 13.4. The number of hydrazone groups is 1. The Kier molecular flexibility index (Phi) is 4.81. The fraction of sp³-hybridized carbons (Fsp3) is 0.154. The average molecular weight is 312 g/mol. The Balaban J connectivity index is 1.94. The predicted octanol–water partition coefficient (Wildman–Crippen LogP) is 2.94. The molecule has 0 bridgehead atoms. The van der Waals surface area contributed by atoms with Gasteiger partial charge in [-0.25, -0.2) is 14.8 Å². The SMILES string of the molecule is Cc1nc(CC(=O)NN=Cc2c(F)cccc2Cl)cs1. The van der Waals surface area contributed by atoms with E-state index < -0.39 is 5.82 Å². The molecule has 2 rings (SSSR count). The zero-order valence-electron chi connectivity index (χ0n) is 10.6. The number of carbonyl (C=O) groups excluding carboxylic acids is 1. The summed E-state index contributed by atoms with van der Waals surface area (Å²) in [4.78, 5) is 15.8. The highest BCUT2D eigenvalue weighted by molar-refractivity contribution is 7.09. The maximum Gasteiger partial charge on any atom is 0.246 e. The molecular formula is C13H11ClFN3OS. The van der Waals surface area contributed by atoms with E-state index in [2.05, 4.69) is 15.5 Å². The topological polar surface area (TPSA) is 54.4 Å². The van der Waals surface area contributed by atoms with Gasteiger partial charge in [0.15, 0.2) is 0 Å². The van der Waals surface area contributed by atoms with Crippen LogP contribution in [0.1, 0.15) is 16.3 Å². The summed E-state index contributed by atoms with van der Waals surface area (Å²) in [7, 11) is 0. The van der Waals surface area contributed by atoms with Gasteiger partial charge in [-0.05, 0) is 19.1 Å². The molecule has 1 N–H and O–H groups in total. The van der Waals surface area contributed by atoms with Crippen molar-refractivity contribution in [1.29, 1.82) is 0 Å². The Hall–Kier alpha value is -1.79. The number of carbonyl (C=O) groups is 1. The number of hydrogen-bond acceptors (Lipinski definition) is 4. The lowest BCUT2D eigenvalue weighted by Gasteiger charge is -2.00. The lowest BCUT2D eigenvalue weighted by Crippen LogP contribution is -2.20. The van der Waals surface area contributed by atoms with Gasteiger partial charge in [0.1, 0.15) is 5.82 Å². The zero-order chi connectivity index (χ0) is 14.5. The molecule has 0 saturated carbocycles. The van der Waals surface area contributed by atoms with Crippen LogP contribution in [0.15, 0.2) is 28.7 Å². The predicted molar refractivity (Wildman–Crippen MR) is 77.7 cm³/mol. The van der Waals surface area contributed by atoms with E-state index in [0.717, 1.165) is 5.01 Å². The van der Waals surface area contributed by atoms with Crippen molar-refractivity contribution in [3.63, 3.8) is 0 Å². The van der Waals surface area contributed by atoms with Gasteiger partial charge in [0.2, 0.25) is 5.91 Å². The molecule has 0 aliphatic rings. The monoisotopic (exact) mass is 311 g/mol. The number of benzene rings is 1. The second-order valence-corrected chi connectivity index (χ2v) is 5.43. The molecule has 0 unspecified atom stereocenters. The van der Waals surface area contributed by atoms with Crippen LogP contribution in [0, 0.1) is 12.7 Å².